The number of hydrogen-bond donors (Lipinski definition) is 3. The zero-order chi connectivity index (χ0) is 19.1. The number of carbonyl (C=O) groups excluding carboxylic acids is 1. The van der Waals surface area contributed by atoms with Crippen molar-refractivity contribution in [2.24, 2.45) is 0 Å². The third kappa shape index (κ3) is 3.12. The summed E-state index contributed by atoms with van der Waals surface area (Å²) in [4.78, 5) is 20.3. The van der Waals surface area contributed by atoms with Gasteiger partial charge >= 0.3 is 0 Å². The second-order valence-electron chi connectivity index (χ2n) is 7.40. The Kier molecular flexibility index (Phi) is 4.45. The summed E-state index contributed by atoms with van der Waals surface area (Å²) >= 11 is 6.40. The van der Waals surface area contributed by atoms with E-state index in [0.29, 0.717) is 11.4 Å². The largest absolute Gasteiger partial charge is 0.479 e. The Hall–Kier alpha value is -2.57. The fraction of sp³-hybridized carbons (Fsp3) is 0.333. The van der Waals surface area contributed by atoms with E-state index in [1.54, 1.807) is 6.20 Å². The van der Waals surface area contributed by atoms with Crippen molar-refractivity contribution in [2.45, 2.75) is 31.4 Å². The molecule has 0 spiro atoms. The van der Waals surface area contributed by atoms with Gasteiger partial charge in [0.1, 0.15) is 11.4 Å². The van der Waals surface area contributed by atoms with Gasteiger partial charge in [-0.3, -0.25) is 4.79 Å². The number of rotatable bonds is 3. The minimum Gasteiger partial charge on any atom is -0.479 e. The lowest BCUT2D eigenvalue weighted by Crippen LogP contribution is -2.49. The Morgan fingerprint density at radius 3 is 3.07 bits per heavy atom. The summed E-state index contributed by atoms with van der Waals surface area (Å²) in [6, 6.07) is 7.89. The number of benzene rings is 1. The van der Waals surface area contributed by atoms with Crippen LogP contribution in [0.2, 0.25) is 5.02 Å². The van der Waals surface area contributed by atoms with Crippen LogP contribution >= 0.6 is 11.6 Å². The lowest BCUT2D eigenvalue weighted by Gasteiger charge is -2.25. The number of halogens is 1. The van der Waals surface area contributed by atoms with Crippen LogP contribution in [-0.4, -0.2) is 41.1 Å². The maximum absolute atomic E-state index is 12.8. The van der Waals surface area contributed by atoms with Gasteiger partial charge in [0, 0.05) is 52.9 Å². The van der Waals surface area contributed by atoms with Crippen molar-refractivity contribution in [1.29, 1.82) is 0 Å². The fourth-order valence-corrected chi connectivity index (χ4v) is 4.38. The van der Waals surface area contributed by atoms with E-state index in [9.17, 15) is 4.79 Å². The summed E-state index contributed by atoms with van der Waals surface area (Å²) in [5.41, 5.74) is 3.65. The first-order valence-corrected chi connectivity index (χ1v) is 9.99. The topological polar surface area (TPSA) is 79.0 Å². The highest BCUT2D eigenvalue weighted by Gasteiger charge is 2.33. The Balaban J connectivity index is 1.45. The second kappa shape index (κ2) is 7.11. The summed E-state index contributed by atoms with van der Waals surface area (Å²) in [6.07, 6.45) is 5.69. The van der Waals surface area contributed by atoms with Gasteiger partial charge < -0.3 is 20.4 Å². The molecule has 6 nitrogen and oxygen atoms in total. The van der Waals surface area contributed by atoms with Crippen molar-refractivity contribution >= 4 is 28.5 Å². The molecule has 1 amide bonds. The van der Waals surface area contributed by atoms with Gasteiger partial charge in [0.05, 0.1) is 0 Å². The average Bonchev–Trinajstić information content (AvgIpc) is 3.34. The van der Waals surface area contributed by atoms with E-state index in [0.717, 1.165) is 59.4 Å². The van der Waals surface area contributed by atoms with Crippen LogP contribution in [-0.2, 0) is 11.2 Å². The van der Waals surface area contributed by atoms with Gasteiger partial charge in [-0.25, -0.2) is 4.98 Å². The Labute approximate surface area is 167 Å². The number of nitrogens with zero attached hydrogens (tertiary/aromatic N) is 1. The molecule has 2 aromatic heterocycles. The molecule has 3 N–H and O–H groups in total. The molecular weight excluding hydrogens is 376 g/mol. The molecule has 0 aliphatic carbocycles. The van der Waals surface area contributed by atoms with E-state index in [-0.39, 0.29) is 11.9 Å². The summed E-state index contributed by atoms with van der Waals surface area (Å²) in [7, 11) is 0. The first-order chi connectivity index (χ1) is 13.7. The summed E-state index contributed by atoms with van der Waals surface area (Å²) in [5.74, 6) is 0.675. The first-order valence-electron chi connectivity index (χ1n) is 9.61. The van der Waals surface area contributed by atoms with E-state index in [1.807, 2.05) is 30.5 Å². The molecule has 7 heteroatoms. The highest BCUT2D eigenvalue weighted by molar-refractivity contribution is 6.31. The van der Waals surface area contributed by atoms with Crippen LogP contribution in [0.1, 0.15) is 18.4 Å². The number of H-pyrrole nitrogens is 1. The molecule has 0 saturated carbocycles. The molecule has 0 radical (unpaired) electrons. The molecule has 2 aliphatic heterocycles. The van der Waals surface area contributed by atoms with Gasteiger partial charge in [-0.1, -0.05) is 11.6 Å². The van der Waals surface area contributed by atoms with Crippen molar-refractivity contribution in [3.63, 3.8) is 0 Å². The molecule has 1 aromatic carbocycles. The minimum atomic E-state index is -0.530. The molecule has 1 fully saturated rings. The van der Waals surface area contributed by atoms with E-state index in [4.69, 9.17) is 16.3 Å². The molecule has 1 saturated heterocycles. The number of aromatic amines is 1. The number of nitrogens with one attached hydrogen (secondary N) is 3. The predicted octanol–water partition coefficient (Wildman–Crippen LogP) is 3.06. The number of hydrogen-bond acceptors (Lipinski definition) is 4. The lowest BCUT2D eigenvalue weighted by molar-refractivity contribution is -0.128. The fourth-order valence-electron chi connectivity index (χ4n) is 4.14. The molecule has 2 atom stereocenters. The smallest absolute Gasteiger partial charge is 0.261 e. The zero-order valence-electron chi connectivity index (χ0n) is 15.3. The maximum Gasteiger partial charge on any atom is 0.261 e. The number of piperidine rings is 1. The number of carbonyl (C=O) groups is 1. The quantitative estimate of drug-likeness (QED) is 0.635. The van der Waals surface area contributed by atoms with Crippen LogP contribution in [0.5, 0.6) is 5.75 Å². The number of ether oxygens (including phenoxy) is 1. The van der Waals surface area contributed by atoms with Gasteiger partial charge in [0.25, 0.3) is 5.91 Å². The Morgan fingerprint density at radius 1 is 1.29 bits per heavy atom. The summed E-state index contributed by atoms with van der Waals surface area (Å²) < 4.78 is 6.15. The molecular formula is C21H21ClN4O2. The number of amides is 1. The summed E-state index contributed by atoms with van der Waals surface area (Å²) in [5, 5.41) is 8.07. The van der Waals surface area contributed by atoms with Gasteiger partial charge in [-0.15, -0.1) is 0 Å². The van der Waals surface area contributed by atoms with E-state index in [1.165, 1.54) is 0 Å². The number of fused-ring (bicyclic) bond motifs is 2. The predicted molar refractivity (Wildman–Crippen MR) is 109 cm³/mol. The molecule has 0 bridgehead atoms. The first kappa shape index (κ1) is 17.5. The third-order valence-electron chi connectivity index (χ3n) is 5.48. The third-order valence-corrected chi connectivity index (χ3v) is 5.70. The minimum absolute atomic E-state index is 0.0616. The van der Waals surface area contributed by atoms with Crippen molar-refractivity contribution in [1.82, 2.24) is 20.6 Å². The Bertz CT molecular complexity index is 1040. The Morgan fingerprint density at radius 2 is 2.21 bits per heavy atom. The van der Waals surface area contributed by atoms with Crippen LogP contribution < -0.4 is 15.4 Å². The molecule has 2 aliphatic rings. The van der Waals surface area contributed by atoms with Crippen LogP contribution in [0, 0.1) is 0 Å². The zero-order valence-corrected chi connectivity index (χ0v) is 16.1. The van der Waals surface area contributed by atoms with E-state index < -0.39 is 6.10 Å². The normalized spacial score (nSPS) is 21.3. The number of pyridine rings is 1. The van der Waals surface area contributed by atoms with Crippen LogP contribution in [0.4, 0.5) is 0 Å². The van der Waals surface area contributed by atoms with Crippen LogP contribution in [0.25, 0.3) is 22.2 Å². The van der Waals surface area contributed by atoms with Crippen LogP contribution in [0.3, 0.4) is 0 Å². The van der Waals surface area contributed by atoms with Crippen molar-refractivity contribution in [3.8, 4) is 16.9 Å². The summed E-state index contributed by atoms with van der Waals surface area (Å²) in [6.45, 7) is 1.82. The van der Waals surface area contributed by atoms with Crippen molar-refractivity contribution < 1.29 is 9.53 Å². The average molecular weight is 397 g/mol. The molecule has 144 valence electrons. The molecule has 3 aromatic rings. The van der Waals surface area contributed by atoms with Gasteiger partial charge in [0.15, 0.2) is 6.10 Å². The maximum atomic E-state index is 12.8. The van der Waals surface area contributed by atoms with Crippen LogP contribution in [0.15, 0.2) is 36.7 Å². The van der Waals surface area contributed by atoms with E-state index in [2.05, 4.69) is 20.6 Å². The van der Waals surface area contributed by atoms with Crippen molar-refractivity contribution in [2.75, 3.05) is 13.1 Å². The standard InChI is InChI=1S/C21H21ClN4O2/c22-13-8-12-9-18(21(27)26-14-2-1-5-23-11-14)28-19(12)17(10-13)15-3-6-24-20-16(15)4-7-25-20/h3-4,6-8,10,14,18,23H,1-2,5,9,11H2,(H,24,25)(H,26,27). The SMILES string of the molecule is O=C(NC1CCCNC1)C1Cc2cc(Cl)cc(-c3ccnc4[nH]ccc34)c2O1. The monoisotopic (exact) mass is 396 g/mol. The number of aromatic nitrogens is 2. The highest BCUT2D eigenvalue weighted by Crippen LogP contribution is 2.43. The van der Waals surface area contributed by atoms with Gasteiger partial charge in [-0.2, -0.15) is 0 Å². The van der Waals surface area contributed by atoms with Crippen molar-refractivity contribution in [3.05, 3.63) is 47.2 Å². The van der Waals surface area contributed by atoms with Gasteiger partial charge in [-0.05, 0) is 49.2 Å². The molecule has 2 unspecified atom stereocenters. The molecule has 4 heterocycles. The van der Waals surface area contributed by atoms with Gasteiger partial charge in [0.2, 0.25) is 0 Å². The molecule has 28 heavy (non-hydrogen) atoms. The lowest BCUT2D eigenvalue weighted by atomic mass is 9.99. The second-order valence-corrected chi connectivity index (χ2v) is 7.84. The van der Waals surface area contributed by atoms with E-state index >= 15 is 0 Å². The molecule has 5 rings (SSSR count). The highest BCUT2D eigenvalue weighted by atomic mass is 35.5.